The van der Waals surface area contributed by atoms with Crippen LogP contribution in [0, 0.1) is 5.82 Å². The Morgan fingerprint density at radius 1 is 1.33 bits per heavy atom. The van der Waals surface area contributed by atoms with Gasteiger partial charge in [-0.2, -0.15) is 0 Å². The molecule has 1 aromatic carbocycles. The van der Waals surface area contributed by atoms with E-state index in [-0.39, 0.29) is 55.4 Å². The Morgan fingerprint density at radius 2 is 2.06 bits per heavy atom. The van der Waals surface area contributed by atoms with Crippen LogP contribution in [0.2, 0.25) is 0 Å². The third-order valence-electron chi connectivity index (χ3n) is 5.34. The van der Waals surface area contributed by atoms with Gasteiger partial charge in [-0.3, -0.25) is 10.1 Å². The van der Waals surface area contributed by atoms with Crippen molar-refractivity contribution in [2.75, 3.05) is 32.0 Å². The zero-order chi connectivity index (χ0) is 24.6. The van der Waals surface area contributed by atoms with Gasteiger partial charge in [0.1, 0.15) is 18.4 Å². The highest BCUT2D eigenvalue weighted by molar-refractivity contribution is 7.89. The molecular weight excluding hydrogens is 460 g/mol. The van der Waals surface area contributed by atoms with E-state index in [1.807, 2.05) is 0 Å². The Balaban J connectivity index is 1.90. The predicted molar refractivity (Wildman–Crippen MR) is 117 cm³/mol. The van der Waals surface area contributed by atoms with Gasteiger partial charge in [0, 0.05) is 26.1 Å². The molecule has 1 saturated heterocycles. The van der Waals surface area contributed by atoms with Gasteiger partial charge in [-0.05, 0) is 43.9 Å². The predicted octanol–water partition coefficient (Wildman–Crippen LogP) is 1.80. The summed E-state index contributed by atoms with van der Waals surface area (Å²) in [5.74, 6) is -1.49. The smallest absolute Gasteiger partial charge is 0.324 e. The number of benzene rings is 1. The van der Waals surface area contributed by atoms with Crippen molar-refractivity contribution in [1.82, 2.24) is 14.9 Å². The topological polar surface area (TPSA) is 125 Å². The standard InChI is InChI=1S/C21H31F2N3O6S/c1-3-21(29,16-6-7-17(23)18(12-16)32-13-15(2)22)14-24-33(30,31)11-5-4-9-26-10-8-19(27)25-20(26)28/h6-7,12,15,24,29H,3-5,8-11,13-14H2,1-2H3,(H,25,27,28)/t15?,21-/m1/s1. The number of unbranched alkanes of at least 4 members (excludes halogenated alkanes) is 1. The van der Waals surface area contributed by atoms with E-state index in [0.29, 0.717) is 19.5 Å². The summed E-state index contributed by atoms with van der Waals surface area (Å²) in [5.41, 5.74) is -1.39. The van der Waals surface area contributed by atoms with Crippen LogP contribution in [-0.4, -0.2) is 68.5 Å². The molecule has 9 nitrogen and oxygen atoms in total. The third-order valence-corrected chi connectivity index (χ3v) is 6.75. The van der Waals surface area contributed by atoms with Crippen LogP contribution < -0.4 is 14.8 Å². The van der Waals surface area contributed by atoms with Gasteiger partial charge in [-0.25, -0.2) is 26.7 Å². The molecule has 1 unspecified atom stereocenters. The molecule has 1 aliphatic rings. The van der Waals surface area contributed by atoms with Crippen LogP contribution in [0.15, 0.2) is 18.2 Å². The molecule has 12 heteroatoms. The second kappa shape index (κ2) is 11.7. The summed E-state index contributed by atoms with van der Waals surface area (Å²) in [6, 6.07) is 3.16. The molecule has 186 valence electrons. The summed E-state index contributed by atoms with van der Waals surface area (Å²) in [4.78, 5) is 24.3. The molecule has 2 rings (SSSR count). The van der Waals surface area contributed by atoms with Crippen LogP contribution in [0.1, 0.15) is 45.1 Å². The van der Waals surface area contributed by atoms with Gasteiger partial charge in [0.2, 0.25) is 15.9 Å². The van der Waals surface area contributed by atoms with E-state index in [1.165, 1.54) is 24.0 Å². The molecule has 33 heavy (non-hydrogen) atoms. The lowest BCUT2D eigenvalue weighted by atomic mass is 9.91. The number of halogens is 2. The number of sulfonamides is 1. The van der Waals surface area contributed by atoms with Crippen molar-refractivity contribution in [2.24, 2.45) is 0 Å². The van der Waals surface area contributed by atoms with Crippen LogP contribution in [0.4, 0.5) is 13.6 Å². The van der Waals surface area contributed by atoms with Gasteiger partial charge < -0.3 is 14.7 Å². The molecule has 1 heterocycles. The SMILES string of the molecule is CC[C@@](O)(CNS(=O)(=O)CCCCN1CCC(=O)NC1=O)c1ccc(F)c(OCC(C)F)c1. The summed E-state index contributed by atoms with van der Waals surface area (Å²) in [5, 5.41) is 13.2. The van der Waals surface area contributed by atoms with Gasteiger partial charge in [-0.1, -0.05) is 13.0 Å². The normalized spacial score (nSPS) is 17.4. The van der Waals surface area contributed by atoms with Gasteiger partial charge in [0.15, 0.2) is 11.6 Å². The van der Waals surface area contributed by atoms with Crippen LogP contribution in [0.25, 0.3) is 0 Å². The average Bonchev–Trinajstić information content (AvgIpc) is 2.75. The van der Waals surface area contributed by atoms with Crippen LogP contribution >= 0.6 is 0 Å². The van der Waals surface area contributed by atoms with Gasteiger partial charge in [0.05, 0.1) is 5.75 Å². The summed E-state index contributed by atoms with van der Waals surface area (Å²) in [6.07, 6.45) is -0.274. The van der Waals surface area contributed by atoms with Crippen LogP contribution in [-0.2, 0) is 20.4 Å². The first kappa shape index (κ1) is 26.9. The minimum Gasteiger partial charge on any atom is -0.487 e. The monoisotopic (exact) mass is 491 g/mol. The Bertz CT molecular complexity index is 944. The number of rotatable bonds is 13. The number of carbonyl (C=O) groups is 2. The van der Waals surface area contributed by atoms with Crippen molar-refractivity contribution >= 4 is 22.0 Å². The molecule has 2 atom stereocenters. The number of aliphatic hydroxyl groups is 1. The summed E-state index contributed by atoms with van der Waals surface area (Å²) in [6.45, 7) is 2.84. The number of nitrogens with zero attached hydrogens (tertiary/aromatic N) is 1. The van der Waals surface area contributed by atoms with E-state index in [4.69, 9.17) is 4.74 Å². The van der Waals surface area contributed by atoms with Crippen molar-refractivity contribution in [2.45, 2.75) is 51.3 Å². The van der Waals surface area contributed by atoms with E-state index in [9.17, 15) is 31.9 Å². The Morgan fingerprint density at radius 3 is 2.70 bits per heavy atom. The fraction of sp³-hybridized carbons (Fsp3) is 0.619. The lowest BCUT2D eigenvalue weighted by Crippen LogP contribution is -2.49. The number of hydrogen-bond acceptors (Lipinski definition) is 6. The maximum atomic E-state index is 14.0. The fourth-order valence-electron chi connectivity index (χ4n) is 3.25. The Kier molecular flexibility index (Phi) is 9.56. The second-order valence-corrected chi connectivity index (χ2v) is 9.99. The number of imide groups is 1. The molecule has 0 spiro atoms. The van der Waals surface area contributed by atoms with Gasteiger partial charge >= 0.3 is 6.03 Å². The zero-order valence-electron chi connectivity index (χ0n) is 18.8. The van der Waals surface area contributed by atoms with Crippen LogP contribution in [0.5, 0.6) is 5.75 Å². The van der Waals surface area contributed by atoms with E-state index >= 15 is 0 Å². The Hall–Kier alpha value is -2.31. The second-order valence-electron chi connectivity index (χ2n) is 8.06. The highest BCUT2D eigenvalue weighted by atomic mass is 32.2. The number of ether oxygens (including phenoxy) is 1. The summed E-state index contributed by atoms with van der Waals surface area (Å²) >= 11 is 0. The van der Waals surface area contributed by atoms with Crippen molar-refractivity contribution in [1.29, 1.82) is 0 Å². The molecule has 3 N–H and O–H groups in total. The summed E-state index contributed by atoms with van der Waals surface area (Å²) < 4.78 is 59.3. The van der Waals surface area contributed by atoms with E-state index in [2.05, 4.69) is 10.0 Å². The van der Waals surface area contributed by atoms with Crippen molar-refractivity contribution in [3.63, 3.8) is 0 Å². The van der Waals surface area contributed by atoms with Gasteiger partial charge in [0.25, 0.3) is 0 Å². The number of carbonyl (C=O) groups excluding carboxylic acids is 2. The zero-order valence-corrected chi connectivity index (χ0v) is 19.6. The molecule has 0 aromatic heterocycles. The number of urea groups is 1. The molecule has 0 saturated carbocycles. The lowest BCUT2D eigenvalue weighted by Gasteiger charge is -2.28. The number of alkyl halides is 1. The molecule has 0 radical (unpaired) electrons. The molecule has 3 amide bonds. The molecule has 1 fully saturated rings. The average molecular weight is 492 g/mol. The lowest BCUT2D eigenvalue weighted by molar-refractivity contribution is -0.121. The van der Waals surface area contributed by atoms with E-state index < -0.39 is 33.6 Å². The van der Waals surface area contributed by atoms with E-state index in [0.717, 1.165) is 6.07 Å². The van der Waals surface area contributed by atoms with Crippen LogP contribution in [0.3, 0.4) is 0 Å². The molecule has 1 aliphatic heterocycles. The maximum Gasteiger partial charge on any atom is 0.324 e. The third kappa shape index (κ3) is 8.20. The maximum absolute atomic E-state index is 14.0. The highest BCUT2D eigenvalue weighted by Crippen LogP contribution is 2.29. The molecular formula is C21H31F2N3O6S. The van der Waals surface area contributed by atoms with Crippen molar-refractivity contribution < 1.29 is 36.6 Å². The summed E-state index contributed by atoms with van der Waals surface area (Å²) in [7, 11) is -3.74. The molecule has 0 bridgehead atoms. The molecule has 0 aliphatic carbocycles. The fourth-order valence-corrected chi connectivity index (χ4v) is 4.43. The van der Waals surface area contributed by atoms with E-state index in [1.54, 1.807) is 6.92 Å². The first-order chi connectivity index (χ1) is 15.5. The van der Waals surface area contributed by atoms with Gasteiger partial charge in [-0.15, -0.1) is 0 Å². The minimum atomic E-state index is -3.74. The van der Waals surface area contributed by atoms with Crippen molar-refractivity contribution in [3.05, 3.63) is 29.6 Å². The molecule has 1 aromatic rings. The quantitative estimate of drug-likeness (QED) is 0.362. The van der Waals surface area contributed by atoms with Crippen molar-refractivity contribution in [3.8, 4) is 5.75 Å². The number of nitrogens with one attached hydrogen (secondary N) is 2. The number of amides is 3. The highest BCUT2D eigenvalue weighted by Gasteiger charge is 2.30. The largest absolute Gasteiger partial charge is 0.487 e. The number of hydrogen-bond donors (Lipinski definition) is 3. The first-order valence-corrected chi connectivity index (χ1v) is 12.5. The first-order valence-electron chi connectivity index (χ1n) is 10.8. The Labute approximate surface area is 192 Å². The minimum absolute atomic E-state index is 0.128.